The molecule has 2 fully saturated rings. The predicted molar refractivity (Wildman–Crippen MR) is 139 cm³/mol. The quantitative estimate of drug-likeness (QED) is 0.427. The van der Waals surface area contributed by atoms with E-state index in [1.807, 2.05) is 11.4 Å². The van der Waals surface area contributed by atoms with Gasteiger partial charge in [-0.3, -0.25) is 10.00 Å². The number of nitrogens with one attached hydrogen (secondary N) is 1. The number of likely N-dealkylation sites (tertiary alicyclic amines) is 1. The van der Waals surface area contributed by atoms with Gasteiger partial charge in [-0.25, -0.2) is 9.50 Å². The summed E-state index contributed by atoms with van der Waals surface area (Å²) in [5, 5.41) is 24.2. The maximum absolute atomic E-state index is 10.4. The summed E-state index contributed by atoms with van der Waals surface area (Å²) in [6.45, 7) is 10.4. The van der Waals surface area contributed by atoms with E-state index in [2.05, 4.69) is 65.2 Å². The van der Waals surface area contributed by atoms with Crippen molar-refractivity contribution in [2.45, 2.75) is 83.3 Å². The maximum Gasteiger partial charge on any atom is 0.158 e. The molecule has 1 aromatic carbocycles. The number of β-amino-alcohol motifs (C(OH)–C–C–N with tert-alkyl or cyclic N) is 1. The van der Waals surface area contributed by atoms with Crippen molar-refractivity contribution in [3.8, 4) is 11.1 Å². The monoisotopic (exact) mass is 472 g/mol. The summed E-state index contributed by atoms with van der Waals surface area (Å²) in [6, 6.07) is 7.43. The van der Waals surface area contributed by atoms with Crippen LogP contribution in [0.2, 0.25) is 0 Å². The van der Waals surface area contributed by atoms with E-state index < -0.39 is 5.60 Å². The summed E-state index contributed by atoms with van der Waals surface area (Å²) in [5.74, 6) is 0.904. The fraction of sp³-hybridized carbons (Fsp3) is 0.536. The summed E-state index contributed by atoms with van der Waals surface area (Å²) < 4.78 is 1.87. The van der Waals surface area contributed by atoms with E-state index >= 15 is 0 Å². The molecule has 7 nitrogen and oxygen atoms in total. The second-order valence-electron chi connectivity index (χ2n) is 11.4. The van der Waals surface area contributed by atoms with Crippen molar-refractivity contribution < 1.29 is 5.11 Å². The van der Waals surface area contributed by atoms with Crippen molar-refractivity contribution >= 4 is 16.6 Å². The normalized spacial score (nSPS) is 25.9. The molecule has 184 valence electrons. The van der Waals surface area contributed by atoms with Gasteiger partial charge >= 0.3 is 0 Å². The van der Waals surface area contributed by atoms with Gasteiger partial charge in [-0.15, -0.1) is 0 Å². The molecule has 2 aliphatic rings. The largest absolute Gasteiger partial charge is 0.389 e. The first kappa shape index (κ1) is 22.7. The molecule has 7 heteroatoms. The number of nitrogens with zero attached hydrogens (tertiary/aromatic N) is 5. The Morgan fingerprint density at radius 1 is 1.14 bits per heavy atom. The zero-order chi connectivity index (χ0) is 24.3. The first-order chi connectivity index (χ1) is 16.8. The molecule has 4 aromatic rings. The first-order valence-corrected chi connectivity index (χ1v) is 13.1. The van der Waals surface area contributed by atoms with E-state index in [9.17, 15) is 5.11 Å². The number of hydrogen-bond donors (Lipinski definition) is 2. The molecule has 2 N–H and O–H groups in total. The standard InChI is InChI=1S/C28H36N6O/c1-17(2)22-12-24-25(13-23(22)20-11-18(3)27-29-16-30-34(27)14-20)31-32-26(24)19-5-7-21(8-6-19)33-10-9-28(4,35)15-33/h11-14,16-17,19,21,35H,5-10,15H2,1-4H3,(H,31,32). The summed E-state index contributed by atoms with van der Waals surface area (Å²) >= 11 is 0. The van der Waals surface area contributed by atoms with Gasteiger partial charge in [0.25, 0.3) is 0 Å². The Morgan fingerprint density at radius 3 is 2.66 bits per heavy atom. The van der Waals surface area contributed by atoms with Crippen molar-refractivity contribution in [2.24, 2.45) is 0 Å². The van der Waals surface area contributed by atoms with Crippen LogP contribution in [0.15, 0.2) is 30.7 Å². The zero-order valence-electron chi connectivity index (χ0n) is 21.3. The molecule has 3 aromatic heterocycles. The fourth-order valence-electron chi connectivity index (χ4n) is 6.40. The summed E-state index contributed by atoms with van der Waals surface area (Å²) in [6.07, 6.45) is 9.29. The third-order valence-electron chi connectivity index (χ3n) is 8.35. The summed E-state index contributed by atoms with van der Waals surface area (Å²) in [4.78, 5) is 6.88. The summed E-state index contributed by atoms with van der Waals surface area (Å²) in [5.41, 5.74) is 7.54. The lowest BCUT2D eigenvalue weighted by molar-refractivity contribution is 0.0574. The molecule has 0 amide bonds. The smallest absolute Gasteiger partial charge is 0.158 e. The number of aryl methyl sites for hydroxylation is 1. The van der Waals surface area contributed by atoms with E-state index in [0.717, 1.165) is 41.8 Å². The number of hydrogen-bond acceptors (Lipinski definition) is 5. The van der Waals surface area contributed by atoms with Crippen LogP contribution in [0.1, 0.15) is 81.5 Å². The predicted octanol–water partition coefficient (Wildman–Crippen LogP) is 5.19. The third kappa shape index (κ3) is 4.04. The number of aliphatic hydroxyl groups is 1. The molecule has 0 bridgehead atoms. The third-order valence-corrected chi connectivity index (χ3v) is 8.35. The van der Waals surface area contributed by atoms with Gasteiger partial charge in [0.15, 0.2) is 5.65 Å². The molecule has 0 spiro atoms. The van der Waals surface area contributed by atoms with Crippen molar-refractivity contribution in [1.29, 1.82) is 0 Å². The lowest BCUT2D eigenvalue weighted by Gasteiger charge is -2.34. The zero-order valence-corrected chi connectivity index (χ0v) is 21.3. The van der Waals surface area contributed by atoms with Gasteiger partial charge in [0.1, 0.15) is 6.33 Å². The Labute approximate surface area is 206 Å². The molecule has 6 rings (SSSR count). The Hall–Kier alpha value is -2.77. The van der Waals surface area contributed by atoms with Gasteiger partial charge in [-0.1, -0.05) is 13.8 Å². The van der Waals surface area contributed by atoms with E-state index in [4.69, 9.17) is 5.10 Å². The number of aromatic amines is 1. The molecular formula is C28H36N6O. The highest BCUT2D eigenvalue weighted by Crippen LogP contribution is 2.41. The van der Waals surface area contributed by atoms with Crippen molar-refractivity contribution in [1.82, 2.24) is 29.7 Å². The molecule has 4 heterocycles. The van der Waals surface area contributed by atoms with Crippen LogP contribution >= 0.6 is 0 Å². The van der Waals surface area contributed by atoms with Crippen LogP contribution in [0, 0.1) is 6.92 Å². The van der Waals surface area contributed by atoms with Crippen LogP contribution in [0.4, 0.5) is 0 Å². The molecule has 1 atom stereocenters. The van der Waals surface area contributed by atoms with E-state index in [1.165, 1.54) is 47.9 Å². The molecule has 1 saturated heterocycles. The number of benzene rings is 1. The Kier molecular flexibility index (Phi) is 5.45. The van der Waals surface area contributed by atoms with E-state index in [0.29, 0.717) is 17.9 Å². The number of rotatable bonds is 4. The maximum atomic E-state index is 10.4. The lowest BCUT2D eigenvalue weighted by atomic mass is 9.82. The lowest BCUT2D eigenvalue weighted by Crippen LogP contribution is -2.39. The number of pyridine rings is 1. The topological polar surface area (TPSA) is 82.3 Å². The van der Waals surface area contributed by atoms with E-state index in [1.54, 1.807) is 6.33 Å². The average Bonchev–Trinajstić information content (AvgIpc) is 3.56. The van der Waals surface area contributed by atoms with Gasteiger partial charge in [0, 0.05) is 47.9 Å². The minimum atomic E-state index is -0.515. The average molecular weight is 473 g/mol. The summed E-state index contributed by atoms with van der Waals surface area (Å²) in [7, 11) is 0. The van der Waals surface area contributed by atoms with Gasteiger partial charge in [-0.05, 0) is 86.8 Å². The van der Waals surface area contributed by atoms with Crippen LogP contribution in [0.5, 0.6) is 0 Å². The van der Waals surface area contributed by atoms with Gasteiger partial charge in [0.05, 0.1) is 11.1 Å². The number of H-pyrrole nitrogens is 1. The van der Waals surface area contributed by atoms with E-state index in [-0.39, 0.29) is 0 Å². The van der Waals surface area contributed by atoms with Crippen molar-refractivity contribution in [3.05, 3.63) is 47.5 Å². The Morgan fingerprint density at radius 2 is 1.94 bits per heavy atom. The van der Waals surface area contributed by atoms with Crippen LogP contribution < -0.4 is 0 Å². The first-order valence-electron chi connectivity index (χ1n) is 13.1. The SMILES string of the molecule is Cc1cc(-c2cc3n[nH]c(C4CCC(N5CCC(C)(O)C5)CC4)c3cc2C(C)C)cn2ncnc12. The molecule has 1 saturated carbocycles. The van der Waals surface area contributed by atoms with Gasteiger partial charge in [0.2, 0.25) is 0 Å². The van der Waals surface area contributed by atoms with Gasteiger partial charge in [-0.2, -0.15) is 10.2 Å². The molecule has 1 aliphatic carbocycles. The van der Waals surface area contributed by atoms with Crippen LogP contribution in [-0.4, -0.2) is 59.5 Å². The second kappa shape index (κ2) is 8.42. The van der Waals surface area contributed by atoms with Crippen molar-refractivity contribution in [2.75, 3.05) is 13.1 Å². The molecule has 1 aliphatic heterocycles. The minimum Gasteiger partial charge on any atom is -0.389 e. The second-order valence-corrected chi connectivity index (χ2v) is 11.4. The van der Waals surface area contributed by atoms with Crippen LogP contribution in [0.3, 0.4) is 0 Å². The van der Waals surface area contributed by atoms with Crippen molar-refractivity contribution in [3.63, 3.8) is 0 Å². The number of fused-ring (bicyclic) bond motifs is 2. The Balaban J connectivity index is 1.30. The van der Waals surface area contributed by atoms with Crippen LogP contribution in [-0.2, 0) is 0 Å². The fourth-order valence-corrected chi connectivity index (χ4v) is 6.40. The number of aromatic nitrogens is 5. The molecular weight excluding hydrogens is 436 g/mol. The molecule has 0 radical (unpaired) electrons. The highest BCUT2D eigenvalue weighted by Gasteiger charge is 2.37. The Bertz CT molecular complexity index is 1380. The van der Waals surface area contributed by atoms with Gasteiger partial charge < -0.3 is 5.11 Å². The highest BCUT2D eigenvalue weighted by molar-refractivity contribution is 5.89. The minimum absolute atomic E-state index is 0.391. The molecule has 1 unspecified atom stereocenters. The van der Waals surface area contributed by atoms with Crippen LogP contribution in [0.25, 0.3) is 27.7 Å². The molecule has 35 heavy (non-hydrogen) atoms. The highest BCUT2D eigenvalue weighted by atomic mass is 16.3.